The molecule has 0 unspecified atom stereocenters. The largest absolute Gasteiger partial charge is 0.320 e. The Labute approximate surface area is 165 Å². The fraction of sp³-hybridized carbons (Fsp3) is 0.429. The Bertz CT molecular complexity index is 855. The molecule has 1 aliphatic heterocycles. The zero-order valence-electron chi connectivity index (χ0n) is 16.5. The van der Waals surface area contributed by atoms with Gasteiger partial charge < -0.3 is 10.2 Å². The van der Waals surface area contributed by atoms with E-state index in [9.17, 15) is 9.59 Å². The zero-order valence-corrected chi connectivity index (χ0v) is 17.3. The van der Waals surface area contributed by atoms with Crippen LogP contribution in [0, 0.1) is 13.8 Å². The van der Waals surface area contributed by atoms with Crippen LogP contribution in [0.1, 0.15) is 46.8 Å². The molecular weight excluding hydrogens is 358 g/mol. The van der Waals surface area contributed by atoms with Gasteiger partial charge in [0, 0.05) is 16.2 Å². The number of amides is 2. The summed E-state index contributed by atoms with van der Waals surface area (Å²) in [6, 6.07) is 7.53. The minimum Gasteiger partial charge on any atom is -0.320 e. The predicted octanol–water partition coefficient (Wildman–Crippen LogP) is 4.72. The van der Waals surface area contributed by atoms with Crippen molar-refractivity contribution in [3.8, 4) is 0 Å². The predicted molar refractivity (Wildman–Crippen MR) is 112 cm³/mol. The van der Waals surface area contributed by atoms with Crippen molar-refractivity contribution < 1.29 is 9.59 Å². The van der Waals surface area contributed by atoms with E-state index in [1.807, 2.05) is 38.1 Å². The van der Waals surface area contributed by atoms with Crippen molar-refractivity contribution >= 4 is 40.2 Å². The number of fused-ring (bicyclic) bond motifs is 2. The SMILES string of the molecule is CCN(CC)CCCC(=O)N1c2ccccc2NC(=O)c2c(C)sc(C)c21. The van der Waals surface area contributed by atoms with Gasteiger partial charge in [-0.05, 0) is 52.0 Å². The van der Waals surface area contributed by atoms with Gasteiger partial charge in [-0.2, -0.15) is 0 Å². The maximum atomic E-state index is 13.3. The van der Waals surface area contributed by atoms with Gasteiger partial charge in [0.15, 0.2) is 0 Å². The van der Waals surface area contributed by atoms with Gasteiger partial charge in [0.1, 0.15) is 0 Å². The van der Waals surface area contributed by atoms with E-state index >= 15 is 0 Å². The molecule has 0 aliphatic carbocycles. The molecule has 0 bridgehead atoms. The van der Waals surface area contributed by atoms with E-state index in [0.717, 1.165) is 47.2 Å². The first-order valence-electron chi connectivity index (χ1n) is 9.53. The van der Waals surface area contributed by atoms with E-state index < -0.39 is 0 Å². The molecule has 0 fully saturated rings. The fourth-order valence-electron chi connectivity index (χ4n) is 3.65. The molecule has 1 aliphatic rings. The van der Waals surface area contributed by atoms with E-state index in [1.165, 1.54) is 0 Å². The van der Waals surface area contributed by atoms with Gasteiger partial charge in [-0.15, -0.1) is 11.3 Å². The number of anilines is 3. The van der Waals surface area contributed by atoms with Crippen LogP contribution in [-0.2, 0) is 4.79 Å². The third-order valence-electron chi connectivity index (χ3n) is 5.08. The van der Waals surface area contributed by atoms with Crippen molar-refractivity contribution in [2.75, 3.05) is 29.9 Å². The molecule has 27 heavy (non-hydrogen) atoms. The molecule has 2 heterocycles. The molecule has 0 atom stereocenters. The Morgan fingerprint density at radius 2 is 1.85 bits per heavy atom. The number of hydrogen-bond donors (Lipinski definition) is 1. The van der Waals surface area contributed by atoms with Crippen molar-refractivity contribution in [1.82, 2.24) is 4.90 Å². The second-order valence-corrected chi connectivity index (χ2v) is 8.20. The molecule has 1 aromatic carbocycles. The van der Waals surface area contributed by atoms with Gasteiger partial charge in [-0.25, -0.2) is 0 Å². The lowest BCUT2D eigenvalue weighted by molar-refractivity contribution is -0.118. The third-order valence-corrected chi connectivity index (χ3v) is 6.09. The number of nitrogens with zero attached hydrogens (tertiary/aromatic N) is 2. The molecule has 144 valence electrons. The Hall–Kier alpha value is -2.18. The average molecular weight is 386 g/mol. The number of hydrogen-bond acceptors (Lipinski definition) is 4. The van der Waals surface area contributed by atoms with Gasteiger partial charge in [-0.3, -0.25) is 14.5 Å². The van der Waals surface area contributed by atoms with Crippen LogP contribution in [0.3, 0.4) is 0 Å². The number of thiophene rings is 1. The minimum absolute atomic E-state index is 0.0354. The van der Waals surface area contributed by atoms with Crippen LogP contribution in [0.4, 0.5) is 17.1 Å². The lowest BCUT2D eigenvalue weighted by atomic mass is 10.1. The van der Waals surface area contributed by atoms with Crippen LogP contribution in [0.15, 0.2) is 24.3 Å². The van der Waals surface area contributed by atoms with E-state index in [-0.39, 0.29) is 11.8 Å². The highest BCUT2D eigenvalue weighted by molar-refractivity contribution is 7.13. The van der Waals surface area contributed by atoms with Crippen LogP contribution in [0.5, 0.6) is 0 Å². The number of carbonyl (C=O) groups excluding carboxylic acids is 2. The maximum absolute atomic E-state index is 13.3. The van der Waals surface area contributed by atoms with Gasteiger partial charge >= 0.3 is 0 Å². The lowest BCUT2D eigenvalue weighted by Crippen LogP contribution is -2.29. The van der Waals surface area contributed by atoms with E-state index in [2.05, 4.69) is 24.1 Å². The smallest absolute Gasteiger partial charge is 0.258 e. The molecule has 5 nitrogen and oxygen atoms in total. The van der Waals surface area contributed by atoms with Crippen molar-refractivity contribution in [2.24, 2.45) is 0 Å². The normalized spacial score (nSPS) is 13.2. The monoisotopic (exact) mass is 385 g/mol. The molecule has 6 heteroatoms. The number of aryl methyl sites for hydroxylation is 2. The quantitative estimate of drug-likeness (QED) is 0.783. The first-order valence-corrected chi connectivity index (χ1v) is 10.3. The number of rotatable bonds is 6. The summed E-state index contributed by atoms with van der Waals surface area (Å²) >= 11 is 1.57. The second kappa shape index (κ2) is 8.23. The highest BCUT2D eigenvalue weighted by Crippen LogP contribution is 2.44. The van der Waals surface area contributed by atoms with E-state index in [4.69, 9.17) is 0 Å². The Balaban J connectivity index is 1.97. The summed E-state index contributed by atoms with van der Waals surface area (Å²) in [5.74, 6) is -0.106. The van der Waals surface area contributed by atoms with Crippen LogP contribution >= 0.6 is 11.3 Å². The van der Waals surface area contributed by atoms with Crippen molar-refractivity contribution in [2.45, 2.75) is 40.5 Å². The number of carbonyl (C=O) groups is 2. The number of nitrogens with one attached hydrogen (secondary N) is 1. The molecule has 2 amide bonds. The Kier molecular flexibility index (Phi) is 5.97. The lowest BCUT2D eigenvalue weighted by Gasteiger charge is -2.24. The Morgan fingerprint density at radius 1 is 1.15 bits per heavy atom. The standard InChI is InChI=1S/C21H27N3O2S/c1-5-23(6-2)13-9-12-18(25)24-17-11-8-7-10-16(17)22-21(26)19-14(3)27-15(4)20(19)24/h7-8,10-11H,5-6,9,12-13H2,1-4H3,(H,22,26). The zero-order chi connectivity index (χ0) is 19.6. The minimum atomic E-state index is -0.141. The first kappa shape index (κ1) is 19.6. The molecule has 0 saturated carbocycles. The first-order chi connectivity index (χ1) is 13.0. The molecular formula is C21H27N3O2S. The second-order valence-electron chi connectivity index (χ2n) is 6.77. The molecule has 2 aromatic rings. The fourth-order valence-corrected chi connectivity index (χ4v) is 4.69. The van der Waals surface area contributed by atoms with Crippen molar-refractivity contribution in [3.05, 3.63) is 39.6 Å². The van der Waals surface area contributed by atoms with Gasteiger partial charge in [0.05, 0.1) is 22.6 Å². The van der Waals surface area contributed by atoms with Crippen molar-refractivity contribution in [3.63, 3.8) is 0 Å². The number of benzene rings is 1. The van der Waals surface area contributed by atoms with Crippen molar-refractivity contribution in [1.29, 1.82) is 0 Å². The Morgan fingerprint density at radius 3 is 2.56 bits per heavy atom. The van der Waals surface area contributed by atoms with Gasteiger partial charge in [0.25, 0.3) is 5.91 Å². The van der Waals surface area contributed by atoms with Crippen LogP contribution < -0.4 is 10.2 Å². The summed E-state index contributed by atoms with van der Waals surface area (Å²) in [6.07, 6.45) is 1.25. The van der Waals surface area contributed by atoms with Crippen LogP contribution in [-0.4, -0.2) is 36.3 Å². The summed E-state index contributed by atoms with van der Waals surface area (Å²) < 4.78 is 0. The molecule has 1 N–H and O–H groups in total. The molecule has 1 aromatic heterocycles. The molecule has 0 spiro atoms. The summed E-state index contributed by atoms with van der Waals surface area (Å²) in [6.45, 7) is 11.1. The molecule has 0 radical (unpaired) electrons. The van der Waals surface area contributed by atoms with Crippen LogP contribution in [0.25, 0.3) is 0 Å². The number of para-hydroxylation sites is 2. The average Bonchev–Trinajstić information content (AvgIpc) is 2.86. The summed E-state index contributed by atoms with van der Waals surface area (Å²) in [5, 5.41) is 2.98. The molecule has 0 saturated heterocycles. The molecule has 3 rings (SSSR count). The van der Waals surface area contributed by atoms with E-state index in [1.54, 1.807) is 16.2 Å². The van der Waals surface area contributed by atoms with Gasteiger partial charge in [-0.1, -0.05) is 26.0 Å². The van der Waals surface area contributed by atoms with Gasteiger partial charge in [0.2, 0.25) is 5.91 Å². The topological polar surface area (TPSA) is 52.7 Å². The highest BCUT2D eigenvalue weighted by atomic mass is 32.1. The highest BCUT2D eigenvalue weighted by Gasteiger charge is 2.33. The summed E-state index contributed by atoms with van der Waals surface area (Å²) in [5.41, 5.74) is 2.79. The third kappa shape index (κ3) is 3.77. The maximum Gasteiger partial charge on any atom is 0.258 e. The summed E-state index contributed by atoms with van der Waals surface area (Å²) in [7, 11) is 0. The van der Waals surface area contributed by atoms with Crippen LogP contribution in [0.2, 0.25) is 0 Å². The van der Waals surface area contributed by atoms with E-state index in [0.29, 0.717) is 17.7 Å². The summed E-state index contributed by atoms with van der Waals surface area (Å²) in [4.78, 5) is 32.1.